The first-order valence-corrected chi connectivity index (χ1v) is 6.99. The monoisotopic (exact) mass is 261 g/mol. The van der Waals surface area contributed by atoms with Crippen LogP contribution in [-0.2, 0) is 11.2 Å². The highest BCUT2D eigenvalue weighted by atomic mass is 16.1. The van der Waals surface area contributed by atoms with Gasteiger partial charge in [-0.05, 0) is 57.5 Å². The lowest BCUT2D eigenvalue weighted by Crippen LogP contribution is -2.52. The van der Waals surface area contributed by atoms with Crippen molar-refractivity contribution in [2.75, 3.05) is 18.8 Å². The van der Waals surface area contributed by atoms with E-state index in [0.717, 1.165) is 18.7 Å². The molecular weight excluding hydrogens is 238 g/mol. The molecule has 104 valence electrons. The molecule has 0 aromatic carbocycles. The Balaban J connectivity index is 2.05. The number of likely N-dealkylation sites (tertiary alicyclic amines) is 1. The summed E-state index contributed by atoms with van der Waals surface area (Å²) in [7, 11) is 0. The third kappa shape index (κ3) is 3.32. The summed E-state index contributed by atoms with van der Waals surface area (Å²) in [6.45, 7) is 6.12. The first kappa shape index (κ1) is 14.0. The number of aromatic nitrogens is 1. The summed E-state index contributed by atoms with van der Waals surface area (Å²) in [5.74, 6) is 0.723. The van der Waals surface area contributed by atoms with Gasteiger partial charge < -0.3 is 5.73 Å². The molecule has 4 heteroatoms. The number of Topliss-reactive ketones (excluding diaryl/α,β-unsaturated/α-hetero) is 1. The number of hydrogen-bond acceptors (Lipinski definition) is 4. The van der Waals surface area contributed by atoms with Gasteiger partial charge in [0.25, 0.3) is 0 Å². The Bertz CT molecular complexity index is 450. The number of ketones is 1. The van der Waals surface area contributed by atoms with Crippen LogP contribution in [0.2, 0.25) is 0 Å². The fourth-order valence-corrected chi connectivity index (χ4v) is 2.64. The number of nitrogen functional groups attached to an aromatic ring is 1. The molecule has 1 fully saturated rings. The van der Waals surface area contributed by atoms with E-state index in [2.05, 4.69) is 9.88 Å². The molecule has 1 aromatic heterocycles. The number of piperidine rings is 1. The van der Waals surface area contributed by atoms with E-state index in [1.807, 2.05) is 19.9 Å². The minimum absolute atomic E-state index is 0.250. The van der Waals surface area contributed by atoms with Crippen LogP contribution in [0.1, 0.15) is 38.7 Å². The number of nitrogens with zero attached hydrogens (tertiary/aromatic N) is 2. The Morgan fingerprint density at radius 2 is 2.05 bits per heavy atom. The van der Waals surface area contributed by atoms with E-state index in [0.29, 0.717) is 12.2 Å². The summed E-state index contributed by atoms with van der Waals surface area (Å²) in [5.41, 5.74) is 6.21. The molecule has 1 aliphatic rings. The molecule has 0 unspecified atom stereocenters. The third-order valence-electron chi connectivity index (χ3n) is 4.04. The van der Waals surface area contributed by atoms with E-state index >= 15 is 0 Å². The Morgan fingerprint density at radius 1 is 1.37 bits per heavy atom. The average molecular weight is 261 g/mol. The fraction of sp³-hybridized carbons (Fsp3) is 0.600. The number of nitrogens with two attached hydrogens (primary N) is 1. The van der Waals surface area contributed by atoms with Gasteiger partial charge >= 0.3 is 0 Å². The van der Waals surface area contributed by atoms with Gasteiger partial charge in [0.15, 0.2) is 5.78 Å². The number of anilines is 1. The molecule has 2 N–H and O–H groups in total. The summed E-state index contributed by atoms with van der Waals surface area (Å²) >= 11 is 0. The van der Waals surface area contributed by atoms with Crippen molar-refractivity contribution in [2.24, 2.45) is 0 Å². The molecule has 2 rings (SSSR count). The molecule has 0 spiro atoms. The number of pyridine rings is 1. The zero-order valence-electron chi connectivity index (χ0n) is 11.9. The molecule has 0 radical (unpaired) electrons. The van der Waals surface area contributed by atoms with Gasteiger partial charge in [0.1, 0.15) is 5.82 Å². The second-order valence-electron chi connectivity index (χ2n) is 5.80. The van der Waals surface area contributed by atoms with Crippen molar-refractivity contribution >= 4 is 11.6 Å². The van der Waals surface area contributed by atoms with Crippen LogP contribution in [0.4, 0.5) is 5.82 Å². The lowest BCUT2D eigenvalue weighted by molar-refractivity contribution is -0.129. The molecular formula is C15H23N3O. The van der Waals surface area contributed by atoms with Crippen molar-refractivity contribution in [1.29, 1.82) is 0 Å². The molecule has 0 atom stereocenters. The average Bonchev–Trinajstić information content (AvgIpc) is 2.39. The largest absolute Gasteiger partial charge is 0.384 e. The Labute approximate surface area is 115 Å². The van der Waals surface area contributed by atoms with Crippen molar-refractivity contribution in [3.63, 3.8) is 0 Å². The Morgan fingerprint density at radius 3 is 2.68 bits per heavy atom. The summed E-state index contributed by atoms with van der Waals surface area (Å²) < 4.78 is 0. The maximum atomic E-state index is 12.5. The molecule has 0 aliphatic carbocycles. The van der Waals surface area contributed by atoms with E-state index in [1.54, 1.807) is 12.3 Å². The van der Waals surface area contributed by atoms with Gasteiger partial charge in [0.2, 0.25) is 0 Å². The SMILES string of the molecule is CC(C)(C(=O)Cc1ccnc(N)c1)N1CCCCC1. The number of hydrogen-bond donors (Lipinski definition) is 1. The zero-order valence-corrected chi connectivity index (χ0v) is 11.9. The first-order valence-electron chi connectivity index (χ1n) is 6.99. The van der Waals surface area contributed by atoms with Crippen molar-refractivity contribution in [3.8, 4) is 0 Å². The molecule has 1 saturated heterocycles. The van der Waals surface area contributed by atoms with Crippen LogP contribution in [0, 0.1) is 0 Å². The molecule has 1 aromatic rings. The van der Waals surface area contributed by atoms with Crippen LogP contribution in [0.5, 0.6) is 0 Å². The van der Waals surface area contributed by atoms with Crippen LogP contribution in [-0.4, -0.2) is 34.3 Å². The fourth-order valence-electron chi connectivity index (χ4n) is 2.64. The second kappa shape index (κ2) is 5.70. The number of rotatable bonds is 4. The maximum Gasteiger partial charge on any atom is 0.156 e. The van der Waals surface area contributed by atoms with Gasteiger partial charge in [-0.1, -0.05) is 6.42 Å². The first-order chi connectivity index (χ1) is 9.00. The van der Waals surface area contributed by atoms with Gasteiger partial charge in [0.05, 0.1) is 5.54 Å². The molecule has 19 heavy (non-hydrogen) atoms. The van der Waals surface area contributed by atoms with Crippen LogP contribution < -0.4 is 5.73 Å². The van der Waals surface area contributed by atoms with Crippen LogP contribution >= 0.6 is 0 Å². The quantitative estimate of drug-likeness (QED) is 0.901. The molecule has 0 amide bonds. The van der Waals surface area contributed by atoms with E-state index in [1.165, 1.54) is 19.3 Å². The minimum atomic E-state index is -0.390. The van der Waals surface area contributed by atoms with Gasteiger partial charge in [-0.15, -0.1) is 0 Å². The van der Waals surface area contributed by atoms with Crippen LogP contribution in [0.3, 0.4) is 0 Å². The van der Waals surface area contributed by atoms with Crippen molar-refractivity contribution in [3.05, 3.63) is 23.9 Å². The summed E-state index contributed by atoms with van der Waals surface area (Å²) in [6.07, 6.45) is 5.75. The van der Waals surface area contributed by atoms with E-state index in [-0.39, 0.29) is 5.78 Å². The summed E-state index contributed by atoms with van der Waals surface area (Å²) in [4.78, 5) is 18.8. The highest BCUT2D eigenvalue weighted by Gasteiger charge is 2.34. The maximum absolute atomic E-state index is 12.5. The number of carbonyl (C=O) groups is 1. The molecule has 4 nitrogen and oxygen atoms in total. The standard InChI is InChI=1S/C15H23N3O/c1-15(2,18-8-4-3-5-9-18)13(19)10-12-6-7-17-14(16)11-12/h6-7,11H,3-5,8-10H2,1-2H3,(H2,16,17). The number of carbonyl (C=O) groups excluding carboxylic acids is 1. The third-order valence-corrected chi connectivity index (χ3v) is 4.04. The second-order valence-corrected chi connectivity index (χ2v) is 5.80. The van der Waals surface area contributed by atoms with Gasteiger partial charge in [0, 0.05) is 12.6 Å². The van der Waals surface area contributed by atoms with E-state index in [9.17, 15) is 4.79 Å². The highest BCUT2D eigenvalue weighted by Crippen LogP contribution is 2.23. The highest BCUT2D eigenvalue weighted by molar-refractivity contribution is 5.89. The predicted molar refractivity (Wildman–Crippen MR) is 76.9 cm³/mol. The van der Waals surface area contributed by atoms with Gasteiger partial charge in [-0.25, -0.2) is 4.98 Å². The molecule has 2 heterocycles. The molecule has 1 aliphatic heterocycles. The van der Waals surface area contributed by atoms with E-state index in [4.69, 9.17) is 5.73 Å². The lowest BCUT2D eigenvalue weighted by atomic mass is 9.90. The van der Waals surface area contributed by atoms with Crippen molar-refractivity contribution < 1.29 is 4.79 Å². The van der Waals surface area contributed by atoms with Gasteiger partial charge in [-0.3, -0.25) is 9.69 Å². The summed E-state index contributed by atoms with van der Waals surface area (Å²) in [6, 6.07) is 3.64. The Kier molecular flexibility index (Phi) is 4.20. The van der Waals surface area contributed by atoms with Crippen molar-refractivity contribution in [2.45, 2.75) is 45.1 Å². The zero-order chi connectivity index (χ0) is 13.9. The summed E-state index contributed by atoms with van der Waals surface area (Å²) in [5, 5.41) is 0. The minimum Gasteiger partial charge on any atom is -0.384 e. The lowest BCUT2D eigenvalue weighted by Gasteiger charge is -2.39. The molecule has 0 bridgehead atoms. The van der Waals surface area contributed by atoms with E-state index < -0.39 is 5.54 Å². The van der Waals surface area contributed by atoms with Crippen molar-refractivity contribution in [1.82, 2.24) is 9.88 Å². The smallest absolute Gasteiger partial charge is 0.156 e. The topological polar surface area (TPSA) is 59.2 Å². The molecule has 0 saturated carbocycles. The van der Waals surface area contributed by atoms with Crippen LogP contribution in [0.15, 0.2) is 18.3 Å². The Hall–Kier alpha value is -1.42. The van der Waals surface area contributed by atoms with Crippen LogP contribution in [0.25, 0.3) is 0 Å². The predicted octanol–water partition coefficient (Wildman–Crippen LogP) is 2.04. The van der Waals surface area contributed by atoms with Gasteiger partial charge in [-0.2, -0.15) is 0 Å². The normalized spacial score (nSPS) is 17.4.